The number of carbonyl (C=O) groups is 1. The van der Waals surface area contributed by atoms with E-state index in [0.29, 0.717) is 0 Å². The van der Waals surface area contributed by atoms with Crippen molar-refractivity contribution < 1.29 is 23.8 Å². The van der Waals surface area contributed by atoms with Crippen molar-refractivity contribution in [1.82, 2.24) is 4.98 Å². The predicted molar refractivity (Wildman–Crippen MR) is 107 cm³/mol. The quantitative estimate of drug-likeness (QED) is 0.588. The van der Waals surface area contributed by atoms with E-state index in [2.05, 4.69) is 4.98 Å². The highest BCUT2D eigenvalue weighted by atomic mass is 35.5. The van der Waals surface area contributed by atoms with Crippen LogP contribution in [0.1, 0.15) is 23.6 Å². The molecule has 0 aliphatic rings. The van der Waals surface area contributed by atoms with Crippen LogP contribution in [0.25, 0.3) is 0 Å². The van der Waals surface area contributed by atoms with Gasteiger partial charge >= 0.3 is 5.97 Å². The summed E-state index contributed by atoms with van der Waals surface area (Å²) in [5.74, 6) is -2.45. The van der Waals surface area contributed by atoms with E-state index in [9.17, 15) is 19.6 Å². The van der Waals surface area contributed by atoms with Crippen LogP contribution in [-0.4, -0.2) is 16.1 Å². The lowest BCUT2D eigenvalue weighted by Gasteiger charge is -2.28. The maximum absolute atomic E-state index is 14.5. The van der Waals surface area contributed by atoms with Crippen LogP contribution in [0, 0.1) is 17.1 Å². The topological polar surface area (TPSA) is 92.4 Å². The summed E-state index contributed by atoms with van der Waals surface area (Å²) in [5, 5.41) is 19.4. The van der Waals surface area contributed by atoms with Crippen molar-refractivity contribution in [3.05, 3.63) is 88.5 Å². The fraction of sp³-hybridized carbons (Fsp3) is 0.136. The molecule has 152 valence electrons. The number of benzene rings is 2. The molecule has 8 heteroatoms. The number of hydrogen-bond acceptors (Lipinski definition) is 5. The minimum absolute atomic E-state index is 0.0743. The van der Waals surface area contributed by atoms with Gasteiger partial charge in [0.25, 0.3) is 0 Å². The number of hydrogen-bond donors (Lipinski definition) is 1. The van der Waals surface area contributed by atoms with Gasteiger partial charge in [-0.25, -0.2) is 9.18 Å². The Morgan fingerprint density at radius 3 is 2.60 bits per heavy atom. The largest absolute Gasteiger partial charge is 0.489 e. The maximum Gasteiger partial charge on any atom is 0.352 e. The van der Waals surface area contributed by atoms with Crippen molar-refractivity contribution in [3.8, 4) is 17.6 Å². The predicted octanol–water partition coefficient (Wildman–Crippen LogP) is 4.70. The Kier molecular flexibility index (Phi) is 6.19. The number of carboxylic acids is 1. The smallest absolute Gasteiger partial charge is 0.352 e. The average Bonchev–Trinajstić information content (AvgIpc) is 2.73. The molecule has 1 unspecified atom stereocenters. The molecule has 0 saturated carbocycles. The highest BCUT2D eigenvalue weighted by molar-refractivity contribution is 6.31. The van der Waals surface area contributed by atoms with Gasteiger partial charge in [-0.15, -0.1) is 0 Å². The first-order valence-corrected chi connectivity index (χ1v) is 9.15. The van der Waals surface area contributed by atoms with Gasteiger partial charge in [0.1, 0.15) is 35.6 Å². The molecule has 0 aliphatic carbocycles. The van der Waals surface area contributed by atoms with Gasteiger partial charge in [-0.3, -0.25) is 4.98 Å². The first-order chi connectivity index (χ1) is 14.3. The zero-order chi connectivity index (χ0) is 21.7. The first kappa shape index (κ1) is 21.1. The zero-order valence-electron chi connectivity index (χ0n) is 15.8. The number of nitriles is 1. The Balaban J connectivity index is 1.99. The molecule has 0 spiro atoms. The van der Waals surface area contributed by atoms with Gasteiger partial charge in [-0.05, 0) is 30.7 Å². The Morgan fingerprint density at radius 1 is 1.27 bits per heavy atom. The standard InChI is InChI=1S/C22H16ClFN2O4/c1-22(21(27)28,17-4-2-3-5-18(17)23)30-20-11-15(10-19(24)16(20)12-25)29-13-14-6-8-26-9-7-14/h2-11H,13H2,1H3,(H,27,28). The summed E-state index contributed by atoms with van der Waals surface area (Å²) in [6.45, 7) is 1.40. The Morgan fingerprint density at radius 2 is 1.97 bits per heavy atom. The number of aromatic nitrogens is 1. The number of aliphatic carboxylic acids is 1. The molecule has 1 aromatic heterocycles. The van der Waals surface area contributed by atoms with Crippen molar-refractivity contribution in [2.45, 2.75) is 19.1 Å². The molecule has 2 aromatic carbocycles. The Hall–Kier alpha value is -3.63. The maximum atomic E-state index is 14.5. The number of pyridine rings is 1. The second-order valence-corrected chi connectivity index (χ2v) is 6.86. The molecule has 0 amide bonds. The Bertz CT molecular complexity index is 1120. The highest BCUT2D eigenvalue weighted by Gasteiger charge is 2.40. The number of nitrogens with zero attached hydrogens (tertiary/aromatic N) is 2. The van der Waals surface area contributed by atoms with Crippen LogP contribution in [0.5, 0.6) is 11.5 Å². The van der Waals surface area contributed by atoms with E-state index in [1.165, 1.54) is 25.1 Å². The number of ether oxygens (including phenoxy) is 2. The summed E-state index contributed by atoms with van der Waals surface area (Å²) in [6.07, 6.45) is 3.18. The van der Waals surface area contributed by atoms with Crippen LogP contribution in [-0.2, 0) is 17.0 Å². The first-order valence-electron chi connectivity index (χ1n) is 8.78. The molecule has 0 saturated heterocycles. The fourth-order valence-electron chi connectivity index (χ4n) is 2.76. The molecule has 1 N–H and O–H groups in total. The van der Waals surface area contributed by atoms with Crippen molar-refractivity contribution >= 4 is 17.6 Å². The third-order valence-electron chi connectivity index (χ3n) is 4.40. The number of halogens is 2. The van der Waals surface area contributed by atoms with E-state index < -0.39 is 23.0 Å². The number of rotatable bonds is 7. The van der Waals surface area contributed by atoms with E-state index in [1.54, 1.807) is 42.7 Å². The molecule has 0 aliphatic heterocycles. The minimum Gasteiger partial charge on any atom is -0.489 e. The molecular weight excluding hydrogens is 411 g/mol. The summed E-state index contributed by atoms with van der Waals surface area (Å²) in [5.41, 5.74) is -1.46. The lowest BCUT2D eigenvalue weighted by molar-refractivity contribution is -0.154. The Labute approximate surface area is 177 Å². The molecule has 0 radical (unpaired) electrons. The molecule has 3 aromatic rings. The third kappa shape index (κ3) is 4.34. The molecule has 1 heterocycles. The van der Waals surface area contributed by atoms with Gasteiger partial charge < -0.3 is 14.6 Å². The van der Waals surface area contributed by atoms with Gasteiger partial charge in [-0.2, -0.15) is 5.26 Å². The van der Waals surface area contributed by atoms with Crippen LogP contribution in [0.3, 0.4) is 0 Å². The van der Waals surface area contributed by atoms with Crippen LogP contribution >= 0.6 is 11.6 Å². The van der Waals surface area contributed by atoms with E-state index in [1.807, 2.05) is 0 Å². The van der Waals surface area contributed by atoms with E-state index in [-0.39, 0.29) is 28.7 Å². The molecular formula is C22H16ClFN2O4. The second-order valence-electron chi connectivity index (χ2n) is 6.45. The third-order valence-corrected chi connectivity index (χ3v) is 4.73. The summed E-state index contributed by atoms with van der Waals surface area (Å²) < 4.78 is 25.8. The lowest BCUT2D eigenvalue weighted by Crippen LogP contribution is -2.39. The van der Waals surface area contributed by atoms with Crippen molar-refractivity contribution in [2.75, 3.05) is 0 Å². The molecule has 1 atom stereocenters. The van der Waals surface area contributed by atoms with Gasteiger partial charge in [0.05, 0.1) is 0 Å². The summed E-state index contributed by atoms with van der Waals surface area (Å²) in [4.78, 5) is 16.0. The van der Waals surface area contributed by atoms with Gasteiger partial charge in [0.2, 0.25) is 5.60 Å². The molecule has 0 fully saturated rings. The van der Waals surface area contributed by atoms with Crippen LogP contribution < -0.4 is 9.47 Å². The summed E-state index contributed by atoms with van der Waals surface area (Å²) in [7, 11) is 0. The van der Waals surface area contributed by atoms with Crippen LogP contribution in [0.2, 0.25) is 5.02 Å². The van der Waals surface area contributed by atoms with Gasteiger partial charge in [0.15, 0.2) is 0 Å². The minimum atomic E-state index is -1.97. The SMILES string of the molecule is CC(Oc1cc(OCc2ccncc2)cc(F)c1C#N)(C(=O)O)c1ccccc1Cl. The van der Waals surface area contributed by atoms with Crippen molar-refractivity contribution in [1.29, 1.82) is 5.26 Å². The van der Waals surface area contributed by atoms with Crippen molar-refractivity contribution in [2.24, 2.45) is 0 Å². The summed E-state index contributed by atoms with van der Waals surface area (Å²) in [6, 6.07) is 13.7. The van der Waals surface area contributed by atoms with E-state index >= 15 is 0 Å². The highest BCUT2D eigenvalue weighted by Crippen LogP contribution is 2.37. The van der Waals surface area contributed by atoms with Gasteiger partial charge in [0, 0.05) is 35.1 Å². The molecule has 6 nitrogen and oxygen atoms in total. The van der Waals surface area contributed by atoms with E-state index in [4.69, 9.17) is 21.1 Å². The van der Waals surface area contributed by atoms with Gasteiger partial charge in [-0.1, -0.05) is 29.8 Å². The molecule has 0 bridgehead atoms. The summed E-state index contributed by atoms with van der Waals surface area (Å²) >= 11 is 6.16. The van der Waals surface area contributed by atoms with Crippen LogP contribution in [0.15, 0.2) is 60.9 Å². The monoisotopic (exact) mass is 426 g/mol. The number of carboxylic acid groups (broad SMARTS) is 1. The lowest BCUT2D eigenvalue weighted by atomic mass is 9.95. The zero-order valence-corrected chi connectivity index (χ0v) is 16.6. The molecule has 3 rings (SSSR count). The average molecular weight is 427 g/mol. The fourth-order valence-corrected chi connectivity index (χ4v) is 3.07. The van der Waals surface area contributed by atoms with Crippen molar-refractivity contribution in [3.63, 3.8) is 0 Å². The second kappa shape index (κ2) is 8.80. The normalized spacial score (nSPS) is 12.5. The molecule has 30 heavy (non-hydrogen) atoms. The van der Waals surface area contributed by atoms with E-state index in [0.717, 1.165) is 11.6 Å². The van der Waals surface area contributed by atoms with Crippen LogP contribution in [0.4, 0.5) is 4.39 Å².